The highest BCUT2D eigenvalue weighted by Gasteiger charge is 2.14. The molecule has 0 bridgehead atoms. The minimum absolute atomic E-state index is 0.0444. The highest BCUT2D eigenvalue weighted by molar-refractivity contribution is 14.1. The Morgan fingerprint density at radius 2 is 2.00 bits per heavy atom. The second kappa shape index (κ2) is 7.03. The minimum atomic E-state index is -0.410. The molecule has 2 rings (SSSR count). The predicted molar refractivity (Wildman–Crippen MR) is 95.2 cm³/mol. The fourth-order valence-corrected chi connectivity index (χ4v) is 2.23. The fourth-order valence-electron chi connectivity index (χ4n) is 1.83. The van der Waals surface area contributed by atoms with E-state index >= 15 is 0 Å². The van der Waals surface area contributed by atoms with Gasteiger partial charge in [-0.1, -0.05) is 24.8 Å². The maximum absolute atomic E-state index is 11.1. The molecule has 0 aliphatic heterocycles. The number of hydrogen-bond donors (Lipinski definition) is 1. The lowest BCUT2D eigenvalue weighted by Gasteiger charge is -2.08. The Balaban J connectivity index is 2.39. The van der Waals surface area contributed by atoms with Crippen molar-refractivity contribution < 1.29 is 9.66 Å². The molecule has 112 valence electrons. The lowest BCUT2D eigenvalue weighted by molar-refractivity contribution is -0.383. The van der Waals surface area contributed by atoms with Crippen LogP contribution in [-0.2, 0) is 0 Å². The Labute approximate surface area is 140 Å². The monoisotopic (exact) mass is 409 g/mol. The number of allylic oxidation sites excluding steroid dienone is 1. The fraction of sp³-hybridized carbons (Fsp3) is 0. The number of nitro benzene ring substituents is 1. The van der Waals surface area contributed by atoms with E-state index in [1.54, 1.807) is 36.4 Å². The van der Waals surface area contributed by atoms with Crippen molar-refractivity contribution in [3.05, 3.63) is 68.8 Å². The lowest BCUT2D eigenvalue weighted by Crippen LogP contribution is -1.94. The molecule has 0 aromatic heterocycles. The number of ether oxygens (including phenoxy) is 1. The first kappa shape index (κ1) is 16.0. The first-order chi connectivity index (χ1) is 10.5. The summed E-state index contributed by atoms with van der Waals surface area (Å²) in [5, 5.41) is 12.3. The molecule has 0 unspecified atom stereocenters. The van der Waals surface area contributed by atoms with E-state index in [-0.39, 0.29) is 11.5 Å². The van der Waals surface area contributed by atoms with E-state index in [9.17, 15) is 10.1 Å². The van der Waals surface area contributed by atoms with E-state index in [4.69, 9.17) is 10.5 Å². The van der Waals surface area contributed by atoms with Gasteiger partial charge in [-0.15, -0.1) is 0 Å². The highest BCUT2D eigenvalue weighted by Crippen LogP contribution is 2.34. The topological polar surface area (TPSA) is 90.8 Å². The number of fused-ring (bicyclic) bond motifs is 1. The van der Waals surface area contributed by atoms with Crippen LogP contribution in [0.25, 0.3) is 10.8 Å². The van der Waals surface area contributed by atoms with Crippen LogP contribution in [0.4, 0.5) is 5.69 Å². The zero-order chi connectivity index (χ0) is 16.1. The van der Waals surface area contributed by atoms with E-state index in [0.717, 1.165) is 0 Å². The molecule has 2 aromatic carbocycles. The standard InChI is InChI=1S/C15H12IN3O3/c1-10(17)18-9-8-15(16)22-14-7-6-13(19(20)21)11-4-2-3-5-12(11)14/h2-9H,1,17H2/b15-8+,18-9-. The average molecular weight is 409 g/mol. The van der Waals surface area contributed by atoms with E-state index in [0.29, 0.717) is 20.3 Å². The van der Waals surface area contributed by atoms with Crippen molar-refractivity contribution in [3.63, 3.8) is 0 Å². The summed E-state index contributed by atoms with van der Waals surface area (Å²) in [6.45, 7) is 3.45. The Bertz CT molecular complexity index is 800. The molecule has 6 nitrogen and oxygen atoms in total. The summed E-state index contributed by atoms with van der Waals surface area (Å²) in [4.78, 5) is 14.5. The third kappa shape index (κ3) is 3.82. The summed E-state index contributed by atoms with van der Waals surface area (Å²) < 4.78 is 6.25. The predicted octanol–water partition coefficient (Wildman–Crippen LogP) is 3.90. The number of non-ortho nitro benzene ring substituents is 1. The average Bonchev–Trinajstić information content (AvgIpc) is 2.46. The molecule has 2 N–H and O–H groups in total. The normalized spacial score (nSPS) is 11.8. The van der Waals surface area contributed by atoms with Gasteiger partial charge in [0.15, 0.2) is 3.77 Å². The zero-order valence-corrected chi connectivity index (χ0v) is 13.6. The SMILES string of the molecule is C=C(N)/N=C\C=C(/I)Oc1ccc([N+](=O)[O-])c2ccccc12. The van der Waals surface area contributed by atoms with Crippen LogP contribution >= 0.6 is 22.6 Å². The van der Waals surface area contributed by atoms with E-state index in [1.807, 2.05) is 22.6 Å². The first-order valence-electron chi connectivity index (χ1n) is 6.17. The van der Waals surface area contributed by atoms with Crippen LogP contribution < -0.4 is 10.5 Å². The lowest BCUT2D eigenvalue weighted by atomic mass is 10.1. The van der Waals surface area contributed by atoms with Crippen LogP contribution in [-0.4, -0.2) is 11.1 Å². The van der Waals surface area contributed by atoms with Crippen molar-refractivity contribution >= 4 is 45.3 Å². The number of rotatable bonds is 5. The number of nitrogens with zero attached hydrogens (tertiary/aromatic N) is 2. The molecule has 0 aliphatic rings. The molecule has 0 spiro atoms. The first-order valence-corrected chi connectivity index (χ1v) is 7.25. The molecular weight excluding hydrogens is 397 g/mol. The molecular formula is C15H12IN3O3. The molecule has 0 saturated heterocycles. The van der Waals surface area contributed by atoms with Crippen LogP contribution in [0.1, 0.15) is 0 Å². The Morgan fingerprint density at radius 3 is 2.64 bits per heavy atom. The highest BCUT2D eigenvalue weighted by atomic mass is 127. The van der Waals surface area contributed by atoms with Crippen molar-refractivity contribution in [2.75, 3.05) is 0 Å². The Morgan fingerprint density at radius 1 is 1.32 bits per heavy atom. The van der Waals surface area contributed by atoms with Gasteiger partial charge in [0.05, 0.1) is 10.3 Å². The number of nitro groups is 1. The minimum Gasteiger partial charge on any atom is -0.450 e. The zero-order valence-electron chi connectivity index (χ0n) is 11.4. The molecule has 22 heavy (non-hydrogen) atoms. The molecule has 0 aliphatic carbocycles. The molecule has 0 radical (unpaired) electrons. The Hall–Kier alpha value is -2.42. The van der Waals surface area contributed by atoms with Gasteiger partial charge in [-0.2, -0.15) is 0 Å². The van der Waals surface area contributed by atoms with Gasteiger partial charge in [-0.05, 0) is 34.7 Å². The van der Waals surface area contributed by atoms with Crippen molar-refractivity contribution in [1.29, 1.82) is 0 Å². The van der Waals surface area contributed by atoms with Crippen LogP contribution in [0.15, 0.2) is 63.6 Å². The van der Waals surface area contributed by atoms with E-state index < -0.39 is 4.92 Å². The van der Waals surface area contributed by atoms with Crippen molar-refractivity contribution in [3.8, 4) is 5.75 Å². The van der Waals surface area contributed by atoms with Crippen molar-refractivity contribution in [1.82, 2.24) is 0 Å². The van der Waals surface area contributed by atoms with Crippen molar-refractivity contribution in [2.45, 2.75) is 0 Å². The van der Waals surface area contributed by atoms with Crippen molar-refractivity contribution in [2.24, 2.45) is 10.7 Å². The van der Waals surface area contributed by atoms with E-state index in [1.165, 1.54) is 12.3 Å². The van der Waals surface area contributed by atoms with Gasteiger partial charge in [-0.25, -0.2) is 4.99 Å². The van der Waals surface area contributed by atoms with Gasteiger partial charge in [0.1, 0.15) is 11.6 Å². The smallest absolute Gasteiger partial charge is 0.277 e. The summed E-state index contributed by atoms with van der Waals surface area (Å²) in [7, 11) is 0. The molecule has 0 atom stereocenters. The van der Waals surface area contributed by atoms with Gasteiger partial charge in [-0.3, -0.25) is 10.1 Å². The van der Waals surface area contributed by atoms with Gasteiger partial charge < -0.3 is 10.5 Å². The number of nitrogens with two attached hydrogens (primary N) is 1. The molecule has 2 aromatic rings. The summed E-state index contributed by atoms with van der Waals surface area (Å²) in [5.41, 5.74) is 5.37. The molecule has 0 saturated carbocycles. The van der Waals surface area contributed by atoms with Gasteiger partial charge in [0.25, 0.3) is 5.69 Å². The largest absolute Gasteiger partial charge is 0.450 e. The number of hydrogen-bond acceptors (Lipinski definition) is 5. The van der Waals surface area contributed by atoms with Gasteiger partial charge in [0.2, 0.25) is 0 Å². The van der Waals surface area contributed by atoms with E-state index in [2.05, 4.69) is 11.6 Å². The number of aliphatic imine (C=N–C) groups is 1. The quantitative estimate of drug-likeness (QED) is 0.267. The summed E-state index contributed by atoms with van der Waals surface area (Å²) in [6, 6.07) is 10.0. The Kier molecular flexibility index (Phi) is 5.10. The molecule has 0 heterocycles. The van der Waals surface area contributed by atoms with Crippen LogP contribution in [0.3, 0.4) is 0 Å². The molecule has 7 heteroatoms. The third-order valence-electron chi connectivity index (χ3n) is 2.71. The summed E-state index contributed by atoms with van der Waals surface area (Å²) in [5.74, 6) is 0.725. The second-order valence-corrected chi connectivity index (χ2v) is 5.29. The molecule has 0 fully saturated rings. The maximum Gasteiger partial charge on any atom is 0.277 e. The summed E-state index contributed by atoms with van der Waals surface area (Å²) in [6.07, 6.45) is 3.09. The number of halogens is 1. The second-order valence-electron chi connectivity index (χ2n) is 4.23. The third-order valence-corrected chi connectivity index (χ3v) is 3.29. The van der Waals surface area contributed by atoms with Crippen LogP contribution in [0.5, 0.6) is 5.75 Å². The maximum atomic E-state index is 11.1. The molecule has 0 amide bonds. The van der Waals surface area contributed by atoms with Gasteiger partial charge in [0, 0.05) is 23.7 Å². The van der Waals surface area contributed by atoms with Crippen LogP contribution in [0, 0.1) is 10.1 Å². The summed E-state index contributed by atoms with van der Waals surface area (Å²) >= 11 is 1.99. The van der Waals surface area contributed by atoms with Crippen LogP contribution in [0.2, 0.25) is 0 Å². The van der Waals surface area contributed by atoms with Gasteiger partial charge >= 0.3 is 0 Å². The number of benzene rings is 2.